The summed E-state index contributed by atoms with van der Waals surface area (Å²) in [5, 5.41) is 6.23. The number of aromatic nitrogens is 1. The molecular weight excluding hydrogens is 210 g/mol. The van der Waals surface area contributed by atoms with Crippen molar-refractivity contribution in [2.45, 2.75) is 12.8 Å². The van der Waals surface area contributed by atoms with Crippen LogP contribution in [0, 0.1) is 5.92 Å². The van der Waals surface area contributed by atoms with Crippen LogP contribution in [0.3, 0.4) is 0 Å². The lowest BCUT2D eigenvalue weighted by molar-refractivity contribution is 0.0955. The number of carbonyl (C=O) groups excluding carboxylic acids is 1. The monoisotopic (exact) mass is 225 g/mol. The first-order valence-electron chi connectivity index (χ1n) is 5.23. The van der Waals surface area contributed by atoms with Gasteiger partial charge in [0.15, 0.2) is 0 Å². The molecule has 82 valence electrons. The molecule has 1 aromatic heterocycles. The molecular formula is C10H15N3OS. The Hall–Kier alpha value is -0.940. The molecule has 0 spiro atoms. The van der Waals surface area contributed by atoms with Crippen LogP contribution in [0.5, 0.6) is 0 Å². The van der Waals surface area contributed by atoms with Gasteiger partial charge in [-0.2, -0.15) is 0 Å². The maximum absolute atomic E-state index is 11.5. The molecule has 1 aliphatic rings. The Labute approximate surface area is 93.1 Å². The minimum Gasteiger partial charge on any atom is -0.351 e. The largest absolute Gasteiger partial charge is 0.351 e. The molecule has 4 nitrogen and oxygen atoms in total. The molecule has 1 amide bonds. The van der Waals surface area contributed by atoms with E-state index in [4.69, 9.17) is 0 Å². The summed E-state index contributed by atoms with van der Waals surface area (Å²) < 4.78 is 0. The van der Waals surface area contributed by atoms with E-state index in [1.54, 1.807) is 11.7 Å². The molecule has 1 aromatic rings. The van der Waals surface area contributed by atoms with Crippen LogP contribution in [0.25, 0.3) is 0 Å². The molecule has 0 saturated carbocycles. The highest BCUT2D eigenvalue weighted by Gasteiger charge is 2.14. The van der Waals surface area contributed by atoms with E-state index in [0.29, 0.717) is 4.88 Å². The van der Waals surface area contributed by atoms with Crippen LogP contribution in [0.1, 0.15) is 22.5 Å². The first-order chi connectivity index (χ1) is 7.36. The Morgan fingerprint density at radius 2 is 2.67 bits per heavy atom. The van der Waals surface area contributed by atoms with E-state index in [1.807, 2.05) is 0 Å². The molecule has 2 rings (SSSR count). The van der Waals surface area contributed by atoms with Crippen molar-refractivity contribution in [3.05, 3.63) is 16.6 Å². The Morgan fingerprint density at radius 3 is 3.33 bits per heavy atom. The molecule has 0 radical (unpaired) electrons. The van der Waals surface area contributed by atoms with E-state index < -0.39 is 0 Å². The third-order valence-corrected chi connectivity index (χ3v) is 3.43. The second-order valence-corrected chi connectivity index (χ2v) is 4.66. The lowest BCUT2D eigenvalue weighted by atomic mass is 10.1. The van der Waals surface area contributed by atoms with Gasteiger partial charge in [0.25, 0.3) is 5.91 Å². The highest BCUT2D eigenvalue weighted by Crippen LogP contribution is 2.11. The van der Waals surface area contributed by atoms with E-state index in [2.05, 4.69) is 15.6 Å². The first-order valence-corrected chi connectivity index (χ1v) is 6.11. The molecule has 15 heavy (non-hydrogen) atoms. The molecule has 2 N–H and O–H groups in total. The number of thiazole rings is 1. The lowest BCUT2D eigenvalue weighted by Gasteiger charge is -2.08. The van der Waals surface area contributed by atoms with Crippen LogP contribution in [-0.4, -0.2) is 30.5 Å². The van der Waals surface area contributed by atoms with Gasteiger partial charge in [-0.05, 0) is 31.8 Å². The zero-order valence-electron chi connectivity index (χ0n) is 8.53. The molecule has 1 aliphatic heterocycles. The second kappa shape index (κ2) is 5.23. The summed E-state index contributed by atoms with van der Waals surface area (Å²) in [7, 11) is 0. The number of nitrogens with zero attached hydrogens (tertiary/aromatic N) is 1. The Balaban J connectivity index is 1.67. The standard InChI is InChI=1S/C10H15N3OS/c14-10(9-6-12-7-15-9)13-4-2-8-1-3-11-5-8/h6-8,11H,1-5H2,(H,13,14). The normalized spacial score (nSPS) is 20.4. The number of hydrogen-bond donors (Lipinski definition) is 2. The number of amides is 1. The topological polar surface area (TPSA) is 54.0 Å². The van der Waals surface area contributed by atoms with Gasteiger partial charge in [0, 0.05) is 6.54 Å². The van der Waals surface area contributed by atoms with Gasteiger partial charge in [-0.25, -0.2) is 0 Å². The van der Waals surface area contributed by atoms with Crippen LogP contribution in [0.15, 0.2) is 11.7 Å². The summed E-state index contributed by atoms with van der Waals surface area (Å²) in [5.74, 6) is 0.732. The average molecular weight is 225 g/mol. The second-order valence-electron chi connectivity index (χ2n) is 3.77. The van der Waals surface area contributed by atoms with Gasteiger partial charge in [-0.1, -0.05) is 0 Å². The number of hydrogen-bond acceptors (Lipinski definition) is 4. The Morgan fingerprint density at radius 1 is 1.73 bits per heavy atom. The van der Waals surface area contributed by atoms with Gasteiger partial charge in [0.2, 0.25) is 0 Å². The molecule has 2 heterocycles. The van der Waals surface area contributed by atoms with Gasteiger partial charge in [-0.15, -0.1) is 11.3 Å². The van der Waals surface area contributed by atoms with Crippen molar-refractivity contribution < 1.29 is 4.79 Å². The molecule has 0 aromatic carbocycles. The number of rotatable bonds is 4. The van der Waals surface area contributed by atoms with E-state index in [0.717, 1.165) is 32.0 Å². The first kappa shape index (κ1) is 10.6. The SMILES string of the molecule is O=C(NCCC1CCNC1)c1cncs1. The van der Waals surface area contributed by atoms with Crippen molar-refractivity contribution in [3.63, 3.8) is 0 Å². The minimum absolute atomic E-state index is 0.00320. The van der Waals surface area contributed by atoms with Gasteiger partial charge < -0.3 is 10.6 Å². The Bertz CT molecular complexity index is 306. The molecule has 1 unspecified atom stereocenters. The fourth-order valence-electron chi connectivity index (χ4n) is 1.77. The van der Waals surface area contributed by atoms with Crippen molar-refractivity contribution in [1.29, 1.82) is 0 Å². The smallest absolute Gasteiger partial charge is 0.262 e. The zero-order valence-corrected chi connectivity index (χ0v) is 9.35. The van der Waals surface area contributed by atoms with E-state index in [-0.39, 0.29) is 5.91 Å². The number of carbonyl (C=O) groups is 1. The summed E-state index contributed by atoms with van der Waals surface area (Å²) in [5.41, 5.74) is 1.68. The van der Waals surface area contributed by atoms with Crippen LogP contribution in [0.4, 0.5) is 0 Å². The fourth-order valence-corrected chi connectivity index (χ4v) is 2.30. The predicted molar refractivity (Wildman–Crippen MR) is 60.0 cm³/mol. The molecule has 0 aliphatic carbocycles. The molecule has 1 fully saturated rings. The highest BCUT2D eigenvalue weighted by atomic mass is 32.1. The van der Waals surface area contributed by atoms with E-state index in [1.165, 1.54) is 17.8 Å². The van der Waals surface area contributed by atoms with E-state index in [9.17, 15) is 4.79 Å². The van der Waals surface area contributed by atoms with E-state index >= 15 is 0 Å². The van der Waals surface area contributed by atoms with Gasteiger partial charge in [-0.3, -0.25) is 9.78 Å². The maximum Gasteiger partial charge on any atom is 0.262 e. The molecule has 1 saturated heterocycles. The molecule has 5 heteroatoms. The quantitative estimate of drug-likeness (QED) is 0.799. The Kier molecular flexibility index (Phi) is 3.69. The van der Waals surface area contributed by atoms with Crippen molar-refractivity contribution >= 4 is 17.2 Å². The summed E-state index contributed by atoms with van der Waals surface area (Å²) >= 11 is 1.38. The zero-order chi connectivity index (χ0) is 10.5. The van der Waals surface area contributed by atoms with Crippen molar-refractivity contribution in [1.82, 2.24) is 15.6 Å². The summed E-state index contributed by atoms with van der Waals surface area (Å²) in [4.78, 5) is 16.1. The third-order valence-electron chi connectivity index (χ3n) is 2.66. The third kappa shape index (κ3) is 3.00. The predicted octanol–water partition coefficient (Wildman–Crippen LogP) is 0.872. The summed E-state index contributed by atoms with van der Waals surface area (Å²) in [6, 6.07) is 0. The van der Waals surface area contributed by atoms with Crippen LogP contribution in [-0.2, 0) is 0 Å². The number of nitrogens with one attached hydrogen (secondary N) is 2. The highest BCUT2D eigenvalue weighted by molar-refractivity contribution is 7.11. The molecule has 1 atom stereocenters. The fraction of sp³-hybridized carbons (Fsp3) is 0.600. The van der Waals surface area contributed by atoms with Crippen molar-refractivity contribution in [2.24, 2.45) is 5.92 Å². The minimum atomic E-state index is 0.00320. The van der Waals surface area contributed by atoms with Crippen molar-refractivity contribution in [3.8, 4) is 0 Å². The van der Waals surface area contributed by atoms with Gasteiger partial charge in [0.05, 0.1) is 11.7 Å². The van der Waals surface area contributed by atoms with Gasteiger partial charge >= 0.3 is 0 Å². The average Bonchev–Trinajstić information content (AvgIpc) is 2.90. The summed E-state index contributed by atoms with van der Waals surface area (Å²) in [6.45, 7) is 2.98. The van der Waals surface area contributed by atoms with Crippen LogP contribution < -0.4 is 10.6 Å². The van der Waals surface area contributed by atoms with Crippen molar-refractivity contribution in [2.75, 3.05) is 19.6 Å². The maximum atomic E-state index is 11.5. The van der Waals surface area contributed by atoms with Crippen LogP contribution >= 0.6 is 11.3 Å². The summed E-state index contributed by atoms with van der Waals surface area (Å²) in [6.07, 6.45) is 3.91. The lowest BCUT2D eigenvalue weighted by Crippen LogP contribution is -2.25. The molecule has 0 bridgehead atoms. The van der Waals surface area contributed by atoms with Crippen LogP contribution in [0.2, 0.25) is 0 Å². The van der Waals surface area contributed by atoms with Gasteiger partial charge in [0.1, 0.15) is 4.88 Å².